The van der Waals surface area contributed by atoms with Crippen LogP contribution in [0, 0.1) is 0 Å². The smallest absolute Gasteiger partial charge is 0.291 e. The minimum Gasteiger partial charge on any atom is -0.497 e. The molecule has 0 bridgehead atoms. The van der Waals surface area contributed by atoms with Crippen LogP contribution in [0.1, 0.15) is 35.2 Å². The Labute approximate surface area is 220 Å². The number of benzene rings is 3. The Kier molecular flexibility index (Phi) is 8.21. The maximum atomic E-state index is 13.1. The van der Waals surface area contributed by atoms with E-state index < -0.39 is 15.7 Å². The molecule has 0 fully saturated rings. The number of hydrogen-bond donors (Lipinski definition) is 1. The van der Waals surface area contributed by atoms with Crippen LogP contribution in [0.25, 0.3) is 0 Å². The lowest BCUT2D eigenvalue weighted by Gasteiger charge is -2.11. The average molecular weight is 540 g/mol. The zero-order valence-corrected chi connectivity index (χ0v) is 21.9. The highest BCUT2D eigenvalue weighted by atomic mass is 35.5. The second kappa shape index (κ2) is 11.5. The number of sulfone groups is 1. The van der Waals surface area contributed by atoms with E-state index in [-0.39, 0.29) is 33.6 Å². The topological polar surface area (TPSA) is 94.8 Å². The molecule has 1 aromatic heterocycles. The quantitative estimate of drug-likeness (QED) is 0.245. The summed E-state index contributed by atoms with van der Waals surface area (Å²) in [6.07, 6.45) is 2.09. The standard InChI is InChI=1S/C28H26ClNO6S/c1-3-4-19-5-9-22(10-6-19)35-18-23-11-14-27(36-23)28(31)30-21-15-24(34-2)17-26(16-21)37(32,33)25-12-7-20(29)8-13-25/h5-17H,3-4,18H2,1-2H3,(H,30,31). The van der Waals surface area contributed by atoms with Crippen LogP contribution in [-0.4, -0.2) is 21.4 Å². The molecule has 0 radical (unpaired) electrons. The number of amides is 1. The molecule has 1 amide bonds. The van der Waals surface area contributed by atoms with Crippen LogP contribution in [0.4, 0.5) is 5.69 Å². The number of aryl methyl sites for hydroxylation is 1. The molecule has 0 saturated heterocycles. The number of halogens is 1. The molecule has 0 saturated carbocycles. The number of carbonyl (C=O) groups is 1. The first-order chi connectivity index (χ1) is 17.8. The summed E-state index contributed by atoms with van der Waals surface area (Å²) >= 11 is 5.89. The molecule has 1 N–H and O–H groups in total. The van der Waals surface area contributed by atoms with E-state index in [0.717, 1.165) is 12.8 Å². The van der Waals surface area contributed by atoms with Crippen LogP contribution < -0.4 is 14.8 Å². The summed E-state index contributed by atoms with van der Waals surface area (Å²) in [7, 11) is -2.46. The Hall–Kier alpha value is -3.75. The number of rotatable bonds is 10. The van der Waals surface area contributed by atoms with E-state index in [2.05, 4.69) is 12.2 Å². The predicted molar refractivity (Wildman–Crippen MR) is 141 cm³/mol. The lowest BCUT2D eigenvalue weighted by Crippen LogP contribution is -2.12. The van der Waals surface area contributed by atoms with Crippen LogP contribution in [0.15, 0.2) is 93.1 Å². The van der Waals surface area contributed by atoms with Crippen LogP contribution in [0.2, 0.25) is 5.02 Å². The van der Waals surface area contributed by atoms with E-state index in [1.807, 2.05) is 24.3 Å². The largest absolute Gasteiger partial charge is 0.497 e. The zero-order valence-electron chi connectivity index (χ0n) is 20.4. The molecule has 1 heterocycles. The van der Waals surface area contributed by atoms with E-state index in [4.69, 9.17) is 25.5 Å². The normalized spacial score (nSPS) is 11.2. The van der Waals surface area contributed by atoms with Gasteiger partial charge in [0.05, 0.1) is 16.9 Å². The number of anilines is 1. The van der Waals surface area contributed by atoms with E-state index in [9.17, 15) is 13.2 Å². The molecule has 4 rings (SSSR count). The average Bonchev–Trinajstić information content (AvgIpc) is 3.38. The Bertz CT molecular complexity index is 1480. The van der Waals surface area contributed by atoms with Crippen molar-refractivity contribution in [2.24, 2.45) is 0 Å². The van der Waals surface area contributed by atoms with Gasteiger partial charge in [-0.2, -0.15) is 0 Å². The summed E-state index contributed by atoms with van der Waals surface area (Å²) in [6, 6.07) is 21.1. The molecule has 0 aliphatic heterocycles. The van der Waals surface area contributed by atoms with Gasteiger partial charge in [-0.1, -0.05) is 37.1 Å². The number of ether oxygens (including phenoxy) is 2. The van der Waals surface area contributed by atoms with Crippen molar-refractivity contribution in [3.8, 4) is 11.5 Å². The molecule has 3 aromatic carbocycles. The first-order valence-corrected chi connectivity index (χ1v) is 13.5. The molecule has 4 aromatic rings. The van der Waals surface area contributed by atoms with Crippen molar-refractivity contribution in [3.63, 3.8) is 0 Å². The molecule has 192 valence electrons. The minimum atomic E-state index is -3.88. The first-order valence-electron chi connectivity index (χ1n) is 11.6. The molecule has 37 heavy (non-hydrogen) atoms. The Morgan fingerprint density at radius 2 is 1.65 bits per heavy atom. The van der Waals surface area contributed by atoms with Gasteiger partial charge in [-0.25, -0.2) is 8.42 Å². The van der Waals surface area contributed by atoms with E-state index in [1.54, 1.807) is 6.07 Å². The fourth-order valence-corrected chi connectivity index (χ4v) is 5.08. The highest BCUT2D eigenvalue weighted by Gasteiger charge is 2.21. The monoisotopic (exact) mass is 539 g/mol. The lowest BCUT2D eigenvalue weighted by molar-refractivity contribution is 0.0992. The first kappa shape index (κ1) is 26.3. The third-order valence-electron chi connectivity index (χ3n) is 5.54. The van der Waals surface area contributed by atoms with Crippen molar-refractivity contribution >= 4 is 33.0 Å². The summed E-state index contributed by atoms with van der Waals surface area (Å²) in [5.74, 6) is 0.955. The molecule has 0 atom stereocenters. The molecule has 0 aliphatic rings. The summed E-state index contributed by atoms with van der Waals surface area (Å²) in [6.45, 7) is 2.29. The summed E-state index contributed by atoms with van der Waals surface area (Å²) in [5, 5.41) is 3.09. The second-order valence-corrected chi connectivity index (χ2v) is 10.6. The number of methoxy groups -OCH3 is 1. The minimum absolute atomic E-state index is 0.0389. The predicted octanol–water partition coefficient (Wildman–Crippen LogP) is 6.56. The van der Waals surface area contributed by atoms with Gasteiger partial charge in [0.15, 0.2) is 5.76 Å². The van der Waals surface area contributed by atoms with E-state index in [0.29, 0.717) is 16.5 Å². The Balaban J connectivity index is 1.46. The van der Waals surface area contributed by atoms with Crippen LogP contribution in [0.3, 0.4) is 0 Å². The number of nitrogens with one attached hydrogen (secondary N) is 1. The number of carbonyl (C=O) groups excluding carboxylic acids is 1. The van der Waals surface area contributed by atoms with Gasteiger partial charge in [-0.05, 0) is 72.6 Å². The molecule has 0 aliphatic carbocycles. The van der Waals surface area contributed by atoms with Gasteiger partial charge >= 0.3 is 0 Å². The highest BCUT2D eigenvalue weighted by molar-refractivity contribution is 7.91. The lowest BCUT2D eigenvalue weighted by atomic mass is 10.1. The third kappa shape index (κ3) is 6.53. The molecule has 0 unspecified atom stereocenters. The molecular weight excluding hydrogens is 514 g/mol. The zero-order chi connectivity index (χ0) is 26.4. The number of furan rings is 1. The maximum Gasteiger partial charge on any atom is 0.291 e. The van der Waals surface area contributed by atoms with Crippen molar-refractivity contribution in [1.29, 1.82) is 0 Å². The van der Waals surface area contributed by atoms with Gasteiger partial charge < -0.3 is 19.2 Å². The van der Waals surface area contributed by atoms with Crippen LogP contribution in [-0.2, 0) is 22.9 Å². The molecule has 7 nitrogen and oxygen atoms in total. The van der Waals surface area contributed by atoms with Gasteiger partial charge in [0.2, 0.25) is 9.84 Å². The fourth-order valence-electron chi connectivity index (χ4n) is 3.63. The summed E-state index contributed by atoms with van der Waals surface area (Å²) in [4.78, 5) is 12.8. The van der Waals surface area contributed by atoms with Gasteiger partial charge in [-0.3, -0.25) is 4.79 Å². The van der Waals surface area contributed by atoms with E-state index >= 15 is 0 Å². The number of hydrogen-bond acceptors (Lipinski definition) is 6. The van der Waals surface area contributed by atoms with E-state index in [1.165, 1.54) is 61.2 Å². The van der Waals surface area contributed by atoms with Crippen molar-refractivity contribution < 1.29 is 27.1 Å². The molecular formula is C28H26ClNO6S. The van der Waals surface area contributed by atoms with Crippen LogP contribution in [0.5, 0.6) is 11.5 Å². The van der Waals surface area contributed by atoms with Crippen molar-refractivity contribution in [2.75, 3.05) is 12.4 Å². The molecule has 0 spiro atoms. The highest BCUT2D eigenvalue weighted by Crippen LogP contribution is 2.29. The summed E-state index contributed by atoms with van der Waals surface area (Å²) < 4.78 is 42.9. The Morgan fingerprint density at radius 1 is 0.919 bits per heavy atom. The fraction of sp³-hybridized carbons (Fsp3) is 0.179. The third-order valence-corrected chi connectivity index (χ3v) is 7.54. The second-order valence-electron chi connectivity index (χ2n) is 8.26. The van der Waals surface area contributed by atoms with Gasteiger partial charge in [0.25, 0.3) is 5.91 Å². The van der Waals surface area contributed by atoms with Gasteiger partial charge in [0.1, 0.15) is 23.9 Å². The SMILES string of the molecule is CCCc1ccc(OCc2ccc(C(=O)Nc3cc(OC)cc(S(=O)(=O)c4ccc(Cl)cc4)c3)o2)cc1. The van der Waals surface area contributed by atoms with Crippen molar-refractivity contribution in [2.45, 2.75) is 36.2 Å². The Morgan fingerprint density at radius 3 is 2.32 bits per heavy atom. The van der Waals surface area contributed by atoms with Gasteiger partial charge in [0, 0.05) is 16.8 Å². The maximum absolute atomic E-state index is 13.1. The van der Waals surface area contributed by atoms with Crippen molar-refractivity contribution in [1.82, 2.24) is 0 Å². The van der Waals surface area contributed by atoms with Crippen molar-refractivity contribution in [3.05, 3.63) is 101 Å². The molecule has 9 heteroatoms. The van der Waals surface area contributed by atoms with Gasteiger partial charge in [-0.15, -0.1) is 0 Å². The van der Waals surface area contributed by atoms with Crippen LogP contribution >= 0.6 is 11.6 Å². The summed E-state index contributed by atoms with van der Waals surface area (Å²) in [5.41, 5.74) is 1.48.